The number of hydrogen-bond acceptors (Lipinski definition) is 2. The molecule has 0 N–H and O–H groups in total. The highest BCUT2D eigenvalue weighted by Gasteiger charge is 2.61. The van der Waals surface area contributed by atoms with Crippen LogP contribution in [0.5, 0.6) is 0 Å². The number of ketones is 2. The Morgan fingerprint density at radius 3 is 2.46 bits per heavy atom. The van der Waals surface area contributed by atoms with Crippen LogP contribution in [0.1, 0.15) is 106 Å². The van der Waals surface area contributed by atoms with E-state index in [9.17, 15) is 9.59 Å². The van der Waals surface area contributed by atoms with Crippen LogP contribution in [0, 0.1) is 46.3 Å². The minimum absolute atomic E-state index is 0.143. The largest absolute Gasteiger partial charge is 0.300 e. The quantitative estimate of drug-likeness (QED) is 0.477. The lowest BCUT2D eigenvalue weighted by Gasteiger charge is -2.58. The minimum atomic E-state index is 0.143. The van der Waals surface area contributed by atoms with Gasteiger partial charge in [0.25, 0.3) is 0 Å². The fraction of sp³-hybridized carbons (Fsp3) is 0.923. The molecule has 0 saturated heterocycles. The third-order valence-corrected chi connectivity index (χ3v) is 9.83. The Hall–Kier alpha value is -0.660. The topological polar surface area (TPSA) is 34.1 Å². The van der Waals surface area contributed by atoms with Gasteiger partial charge in [0.15, 0.2) is 0 Å². The molecule has 0 aromatic carbocycles. The monoisotopic (exact) mass is 388 g/mol. The molecule has 3 rings (SSSR count). The zero-order valence-corrected chi connectivity index (χ0v) is 19.4. The van der Waals surface area contributed by atoms with Crippen molar-refractivity contribution in [2.75, 3.05) is 0 Å². The summed E-state index contributed by atoms with van der Waals surface area (Å²) in [7, 11) is 0. The third-order valence-electron chi connectivity index (χ3n) is 9.83. The number of rotatable bonds is 7. The summed E-state index contributed by atoms with van der Waals surface area (Å²) in [6.07, 6.45) is 11.3. The molecule has 8 atom stereocenters. The Morgan fingerprint density at radius 2 is 1.86 bits per heavy atom. The van der Waals surface area contributed by atoms with Crippen molar-refractivity contribution in [1.29, 1.82) is 0 Å². The highest BCUT2D eigenvalue weighted by atomic mass is 16.1. The smallest absolute Gasteiger partial charge is 0.136 e. The number of carbonyl (C=O) groups excluding carboxylic acids is 2. The molecule has 3 fully saturated rings. The molecule has 0 bridgehead atoms. The maximum absolute atomic E-state index is 13.5. The van der Waals surface area contributed by atoms with Crippen molar-refractivity contribution in [3.8, 4) is 0 Å². The van der Waals surface area contributed by atoms with E-state index >= 15 is 0 Å². The Bertz CT molecular complexity index is 595. The summed E-state index contributed by atoms with van der Waals surface area (Å²) in [4.78, 5) is 25.8. The standard InChI is InChI=1S/C26H44O2/c1-7-14-25(5)22-13-15-26(6)20(18(4)27)11-12-21(26)19(22)16-24(28)23(25)10-9-17(3)8-2/h17,19-23H,7-16H2,1-6H3/t17?,19?,20-,21?,22?,23?,25-,26-/m1/s1. The Balaban J connectivity index is 1.88. The van der Waals surface area contributed by atoms with Crippen LogP contribution >= 0.6 is 0 Å². The van der Waals surface area contributed by atoms with Crippen LogP contribution in [0.3, 0.4) is 0 Å². The molecule has 0 aliphatic heterocycles. The second-order valence-electron chi connectivity index (χ2n) is 11.2. The van der Waals surface area contributed by atoms with E-state index in [0.717, 1.165) is 31.6 Å². The molecule has 3 saturated carbocycles. The van der Waals surface area contributed by atoms with Crippen LogP contribution < -0.4 is 0 Å². The van der Waals surface area contributed by atoms with Gasteiger partial charge in [-0.3, -0.25) is 9.59 Å². The van der Waals surface area contributed by atoms with E-state index in [1.165, 1.54) is 38.5 Å². The summed E-state index contributed by atoms with van der Waals surface area (Å²) >= 11 is 0. The van der Waals surface area contributed by atoms with Crippen LogP contribution in [0.4, 0.5) is 0 Å². The van der Waals surface area contributed by atoms with Crippen LogP contribution in [-0.4, -0.2) is 11.6 Å². The van der Waals surface area contributed by atoms with Gasteiger partial charge < -0.3 is 0 Å². The summed E-state index contributed by atoms with van der Waals surface area (Å²) in [5, 5.41) is 0. The average molecular weight is 389 g/mol. The number of carbonyl (C=O) groups is 2. The molecule has 2 heteroatoms. The Kier molecular flexibility index (Phi) is 6.47. The molecule has 0 aromatic rings. The summed E-state index contributed by atoms with van der Waals surface area (Å²) in [5.74, 6) is 3.92. The van der Waals surface area contributed by atoms with E-state index in [4.69, 9.17) is 0 Å². The van der Waals surface area contributed by atoms with E-state index in [2.05, 4.69) is 34.6 Å². The van der Waals surface area contributed by atoms with Gasteiger partial charge in [-0.15, -0.1) is 0 Å². The van der Waals surface area contributed by atoms with Gasteiger partial charge in [-0.2, -0.15) is 0 Å². The number of Topliss-reactive ketones (excluding diaryl/α,β-unsaturated/α-hetero) is 2. The predicted molar refractivity (Wildman–Crippen MR) is 116 cm³/mol. The van der Waals surface area contributed by atoms with E-state index in [1.54, 1.807) is 6.92 Å². The highest BCUT2D eigenvalue weighted by Crippen LogP contribution is 2.66. The SMILES string of the molecule is CCC[C@@]1(C)C(CCC(C)CC)C(=O)CC2C1CC[C@@]1(C)C2CC[C@@H]1C(C)=O. The molecule has 3 aliphatic carbocycles. The summed E-state index contributed by atoms with van der Waals surface area (Å²) in [5.41, 5.74) is 0.307. The number of hydrogen-bond donors (Lipinski definition) is 0. The molecule has 0 spiro atoms. The van der Waals surface area contributed by atoms with Crippen LogP contribution in [0.25, 0.3) is 0 Å². The predicted octanol–water partition coefficient (Wildman–Crippen LogP) is 6.86. The van der Waals surface area contributed by atoms with Crippen molar-refractivity contribution in [1.82, 2.24) is 0 Å². The van der Waals surface area contributed by atoms with Crippen molar-refractivity contribution in [3.05, 3.63) is 0 Å². The molecule has 160 valence electrons. The molecule has 0 heterocycles. The maximum Gasteiger partial charge on any atom is 0.136 e. The van der Waals surface area contributed by atoms with E-state index in [0.29, 0.717) is 29.3 Å². The first-order valence-corrected chi connectivity index (χ1v) is 12.2. The van der Waals surface area contributed by atoms with Gasteiger partial charge in [0.1, 0.15) is 11.6 Å². The average Bonchev–Trinajstić information content (AvgIpc) is 2.99. The molecule has 0 radical (unpaired) electrons. The molecule has 5 unspecified atom stereocenters. The van der Waals surface area contributed by atoms with Crippen molar-refractivity contribution >= 4 is 11.6 Å². The van der Waals surface area contributed by atoms with E-state index in [1.807, 2.05) is 0 Å². The lowest BCUT2D eigenvalue weighted by molar-refractivity contribution is -0.151. The first-order valence-electron chi connectivity index (χ1n) is 12.2. The van der Waals surface area contributed by atoms with Crippen molar-refractivity contribution in [2.45, 2.75) is 106 Å². The second-order valence-corrected chi connectivity index (χ2v) is 11.2. The lowest BCUT2D eigenvalue weighted by atomic mass is 9.45. The van der Waals surface area contributed by atoms with Gasteiger partial charge in [0, 0.05) is 18.3 Å². The first kappa shape index (κ1) is 22.0. The molecule has 28 heavy (non-hydrogen) atoms. The molecule has 0 amide bonds. The third kappa shape index (κ3) is 3.52. The molecule has 0 aromatic heterocycles. The van der Waals surface area contributed by atoms with Gasteiger partial charge in [0.05, 0.1) is 0 Å². The second kappa shape index (κ2) is 8.23. The van der Waals surface area contributed by atoms with E-state index in [-0.39, 0.29) is 22.7 Å². The maximum atomic E-state index is 13.5. The number of fused-ring (bicyclic) bond motifs is 3. The summed E-state index contributed by atoms with van der Waals surface area (Å²) < 4.78 is 0. The molecular weight excluding hydrogens is 344 g/mol. The van der Waals surface area contributed by atoms with Gasteiger partial charge in [-0.1, -0.05) is 53.9 Å². The summed E-state index contributed by atoms with van der Waals surface area (Å²) in [6.45, 7) is 13.5. The lowest BCUT2D eigenvalue weighted by Crippen LogP contribution is -2.55. The van der Waals surface area contributed by atoms with Crippen molar-refractivity contribution in [2.24, 2.45) is 46.3 Å². The van der Waals surface area contributed by atoms with Gasteiger partial charge in [-0.25, -0.2) is 0 Å². The van der Waals surface area contributed by atoms with Gasteiger partial charge >= 0.3 is 0 Å². The Morgan fingerprint density at radius 1 is 1.14 bits per heavy atom. The highest BCUT2D eigenvalue weighted by molar-refractivity contribution is 5.83. The molecular formula is C26H44O2. The van der Waals surface area contributed by atoms with Crippen LogP contribution in [0.2, 0.25) is 0 Å². The van der Waals surface area contributed by atoms with Gasteiger partial charge in [0.2, 0.25) is 0 Å². The van der Waals surface area contributed by atoms with E-state index < -0.39 is 0 Å². The summed E-state index contributed by atoms with van der Waals surface area (Å²) in [6, 6.07) is 0. The van der Waals surface area contributed by atoms with Crippen molar-refractivity contribution in [3.63, 3.8) is 0 Å². The minimum Gasteiger partial charge on any atom is -0.300 e. The van der Waals surface area contributed by atoms with Crippen LogP contribution in [-0.2, 0) is 9.59 Å². The van der Waals surface area contributed by atoms with Crippen LogP contribution in [0.15, 0.2) is 0 Å². The fourth-order valence-corrected chi connectivity index (χ4v) is 8.10. The Labute approximate surface area is 173 Å². The zero-order chi connectivity index (χ0) is 20.7. The van der Waals surface area contributed by atoms with Gasteiger partial charge in [-0.05, 0) is 80.0 Å². The molecule has 2 nitrogen and oxygen atoms in total. The van der Waals surface area contributed by atoms with Crippen molar-refractivity contribution < 1.29 is 9.59 Å². The fourth-order valence-electron chi connectivity index (χ4n) is 8.10. The first-order chi connectivity index (χ1) is 13.2. The normalized spacial score (nSPS) is 44.1. The molecule has 3 aliphatic rings. The zero-order valence-electron chi connectivity index (χ0n) is 19.4.